The summed E-state index contributed by atoms with van der Waals surface area (Å²) in [6, 6.07) is 6.11. The van der Waals surface area contributed by atoms with Gasteiger partial charge in [-0.25, -0.2) is 21.9 Å². The van der Waals surface area contributed by atoms with Crippen molar-refractivity contribution in [3.63, 3.8) is 0 Å². The molecule has 0 spiro atoms. The van der Waals surface area contributed by atoms with Crippen LogP contribution in [-0.4, -0.2) is 31.5 Å². The monoisotopic (exact) mass is 304 g/mol. The lowest BCUT2D eigenvalue weighted by Gasteiger charge is -2.04. The van der Waals surface area contributed by atoms with Gasteiger partial charge in [-0.3, -0.25) is 4.79 Å². The molecule has 0 unspecified atom stereocenters. The van der Waals surface area contributed by atoms with Crippen LogP contribution >= 0.6 is 0 Å². The Bertz CT molecular complexity index is 692. The van der Waals surface area contributed by atoms with Crippen LogP contribution in [-0.2, 0) is 10.0 Å². The topological polar surface area (TPSA) is 92.2 Å². The summed E-state index contributed by atoms with van der Waals surface area (Å²) in [7, 11) is -4.37. The molecule has 2 rings (SSSR count). The number of halogens is 2. The van der Waals surface area contributed by atoms with Gasteiger partial charge in [-0.15, -0.1) is 0 Å². The highest BCUT2D eigenvalue weighted by Gasteiger charge is 2.22. The second kappa shape index (κ2) is 5.45. The summed E-state index contributed by atoms with van der Waals surface area (Å²) in [6.07, 6.45) is -1.62. The summed E-state index contributed by atoms with van der Waals surface area (Å²) in [4.78, 5) is 14.3. The van der Waals surface area contributed by atoms with E-state index in [9.17, 15) is 22.0 Å². The zero-order chi connectivity index (χ0) is 14.8. The zero-order valence-corrected chi connectivity index (χ0v) is 10.8. The smallest absolute Gasteiger partial charge is 0.281 e. The molecule has 9 heteroatoms. The van der Waals surface area contributed by atoms with Crippen molar-refractivity contribution in [2.75, 3.05) is 5.75 Å². The molecule has 2 aromatic heterocycles. The Morgan fingerprint density at radius 3 is 2.70 bits per heavy atom. The van der Waals surface area contributed by atoms with Crippen molar-refractivity contribution < 1.29 is 26.4 Å². The quantitative estimate of drug-likeness (QED) is 0.877. The van der Waals surface area contributed by atoms with E-state index in [-0.39, 0.29) is 5.69 Å². The number of carbonyl (C=O) groups is 1. The van der Waals surface area contributed by atoms with Crippen LogP contribution in [0.2, 0.25) is 0 Å². The van der Waals surface area contributed by atoms with Crippen molar-refractivity contribution in [2.24, 2.45) is 0 Å². The predicted octanol–water partition coefficient (Wildman–Crippen LogP) is 1.60. The number of carbonyl (C=O) groups excluding carboxylic acids is 1. The van der Waals surface area contributed by atoms with E-state index in [2.05, 4.69) is 4.98 Å². The molecule has 0 saturated carbocycles. The van der Waals surface area contributed by atoms with Crippen molar-refractivity contribution in [1.29, 1.82) is 0 Å². The molecular formula is C11H10F2N2O4S. The molecule has 0 aliphatic carbocycles. The highest BCUT2D eigenvalue weighted by atomic mass is 32.2. The van der Waals surface area contributed by atoms with E-state index in [1.807, 2.05) is 0 Å². The van der Waals surface area contributed by atoms with E-state index < -0.39 is 28.1 Å². The average Bonchev–Trinajstić information content (AvgIpc) is 2.97. The summed E-state index contributed by atoms with van der Waals surface area (Å²) in [5.74, 6) is -1.98. The molecule has 6 nitrogen and oxygen atoms in total. The number of hydrogen-bond donors (Lipinski definition) is 2. The zero-order valence-electron chi connectivity index (χ0n) is 9.97. The third-order valence-corrected chi connectivity index (χ3v) is 3.50. The third kappa shape index (κ3) is 3.44. The summed E-state index contributed by atoms with van der Waals surface area (Å²) in [5.41, 5.74) is 0.389. The van der Waals surface area contributed by atoms with E-state index in [4.69, 9.17) is 4.42 Å². The number of furan rings is 1. The third-order valence-electron chi connectivity index (χ3n) is 2.31. The molecule has 0 aliphatic rings. The van der Waals surface area contributed by atoms with Crippen LogP contribution in [0.5, 0.6) is 0 Å². The lowest BCUT2D eigenvalue weighted by molar-refractivity contribution is 0.0976. The molecule has 0 bridgehead atoms. The van der Waals surface area contributed by atoms with E-state index in [1.54, 1.807) is 16.9 Å². The SMILES string of the molecule is O=C(NS(=O)(=O)CC(F)F)c1ccc(-c2ccco2)[nH]1. The minimum atomic E-state index is -4.37. The molecule has 0 fully saturated rings. The standard InChI is InChI=1S/C11H10F2N2O4S/c12-10(13)6-20(17,18)15-11(16)8-4-3-7(14-8)9-2-1-5-19-9/h1-5,10,14H,6H2,(H,15,16). The Balaban J connectivity index is 2.11. The molecule has 2 N–H and O–H groups in total. The van der Waals surface area contributed by atoms with Crippen LogP contribution in [0.3, 0.4) is 0 Å². The first-order valence-corrected chi connectivity index (χ1v) is 7.08. The number of sulfonamides is 1. The Morgan fingerprint density at radius 2 is 2.10 bits per heavy atom. The number of alkyl halides is 2. The Morgan fingerprint density at radius 1 is 1.35 bits per heavy atom. The molecule has 0 saturated heterocycles. The number of aromatic amines is 1. The van der Waals surface area contributed by atoms with Gasteiger partial charge in [0.05, 0.1) is 12.0 Å². The number of aromatic nitrogens is 1. The second-order valence-corrected chi connectivity index (χ2v) is 5.63. The summed E-state index contributed by atoms with van der Waals surface area (Å²) in [6.45, 7) is 0. The van der Waals surface area contributed by atoms with Crippen molar-refractivity contribution in [3.05, 3.63) is 36.2 Å². The van der Waals surface area contributed by atoms with Crippen LogP contribution in [0.1, 0.15) is 10.5 Å². The molecule has 0 atom stereocenters. The van der Waals surface area contributed by atoms with Gasteiger partial charge in [0.25, 0.3) is 12.3 Å². The van der Waals surface area contributed by atoms with Crippen LogP contribution in [0.4, 0.5) is 8.78 Å². The molecule has 20 heavy (non-hydrogen) atoms. The first kappa shape index (κ1) is 14.3. The highest BCUT2D eigenvalue weighted by molar-refractivity contribution is 7.90. The number of H-pyrrole nitrogens is 1. The fraction of sp³-hybridized carbons (Fsp3) is 0.182. The minimum Gasteiger partial charge on any atom is -0.463 e. The van der Waals surface area contributed by atoms with E-state index in [1.165, 1.54) is 18.4 Å². The van der Waals surface area contributed by atoms with Gasteiger partial charge in [0.15, 0.2) is 0 Å². The first-order chi connectivity index (χ1) is 9.37. The minimum absolute atomic E-state index is 0.0748. The summed E-state index contributed by atoms with van der Waals surface area (Å²) >= 11 is 0. The van der Waals surface area contributed by atoms with E-state index in [0.29, 0.717) is 11.5 Å². The number of amides is 1. The van der Waals surface area contributed by atoms with Crippen molar-refractivity contribution >= 4 is 15.9 Å². The van der Waals surface area contributed by atoms with Gasteiger partial charge in [-0.05, 0) is 24.3 Å². The van der Waals surface area contributed by atoms with Crippen molar-refractivity contribution in [1.82, 2.24) is 9.71 Å². The lowest BCUT2D eigenvalue weighted by atomic mass is 10.3. The normalized spacial score (nSPS) is 11.8. The molecule has 108 valence electrons. The summed E-state index contributed by atoms with van der Waals surface area (Å²) in [5, 5.41) is 0. The Hall–Kier alpha value is -2.16. The van der Waals surface area contributed by atoms with Crippen molar-refractivity contribution in [3.8, 4) is 11.5 Å². The number of nitrogens with one attached hydrogen (secondary N) is 2. The van der Waals surface area contributed by atoms with E-state index in [0.717, 1.165) is 0 Å². The molecule has 0 radical (unpaired) electrons. The molecule has 2 aromatic rings. The largest absolute Gasteiger partial charge is 0.463 e. The Kier molecular flexibility index (Phi) is 3.89. The molecule has 1 amide bonds. The summed E-state index contributed by atoms with van der Waals surface area (Å²) < 4.78 is 53.1. The maximum absolute atomic E-state index is 12.0. The number of hydrogen-bond acceptors (Lipinski definition) is 4. The van der Waals surface area contributed by atoms with Crippen LogP contribution in [0.25, 0.3) is 11.5 Å². The number of rotatable bonds is 5. The fourth-order valence-electron chi connectivity index (χ4n) is 1.51. The van der Waals surface area contributed by atoms with Gasteiger partial charge in [0.1, 0.15) is 17.2 Å². The maximum atomic E-state index is 12.0. The first-order valence-electron chi connectivity index (χ1n) is 5.43. The molecule has 2 heterocycles. The van der Waals surface area contributed by atoms with Gasteiger partial charge in [0, 0.05) is 0 Å². The lowest BCUT2D eigenvalue weighted by Crippen LogP contribution is -2.34. The molecule has 0 aromatic carbocycles. The fourth-order valence-corrected chi connectivity index (χ4v) is 2.31. The van der Waals surface area contributed by atoms with Crippen LogP contribution in [0, 0.1) is 0 Å². The van der Waals surface area contributed by atoms with Gasteiger partial charge in [-0.2, -0.15) is 0 Å². The van der Waals surface area contributed by atoms with Crippen LogP contribution in [0.15, 0.2) is 34.9 Å². The highest BCUT2D eigenvalue weighted by Crippen LogP contribution is 2.18. The molecule has 0 aliphatic heterocycles. The average molecular weight is 304 g/mol. The van der Waals surface area contributed by atoms with Crippen LogP contribution < -0.4 is 4.72 Å². The Labute approximate surface area is 112 Å². The molecular weight excluding hydrogens is 294 g/mol. The van der Waals surface area contributed by atoms with E-state index >= 15 is 0 Å². The van der Waals surface area contributed by atoms with Gasteiger partial charge < -0.3 is 9.40 Å². The maximum Gasteiger partial charge on any atom is 0.281 e. The predicted molar refractivity (Wildman–Crippen MR) is 65.8 cm³/mol. The van der Waals surface area contributed by atoms with Gasteiger partial charge in [-0.1, -0.05) is 0 Å². The van der Waals surface area contributed by atoms with Crippen molar-refractivity contribution in [2.45, 2.75) is 6.43 Å². The van der Waals surface area contributed by atoms with Gasteiger partial charge in [0.2, 0.25) is 10.0 Å². The van der Waals surface area contributed by atoms with Gasteiger partial charge >= 0.3 is 0 Å². The second-order valence-electron chi connectivity index (χ2n) is 3.87.